The molecule has 1 fully saturated rings. The number of hydrazone groups is 1. The van der Waals surface area contributed by atoms with Gasteiger partial charge < -0.3 is 9.47 Å². The van der Waals surface area contributed by atoms with Crippen LogP contribution in [0, 0.1) is 3.57 Å². The molecule has 4 rings (SSSR count). The Morgan fingerprint density at radius 3 is 2.59 bits per heavy atom. The van der Waals surface area contributed by atoms with Crippen LogP contribution in [0.1, 0.15) is 30.9 Å². The third kappa shape index (κ3) is 7.51. The molecule has 0 saturated carbocycles. The lowest BCUT2D eigenvalue weighted by Crippen LogP contribution is -2.44. The molecule has 1 amide bonds. The number of halogens is 3. The van der Waals surface area contributed by atoms with E-state index in [1.54, 1.807) is 6.07 Å². The van der Waals surface area contributed by atoms with Crippen LogP contribution < -0.4 is 14.9 Å². The fourth-order valence-electron chi connectivity index (χ4n) is 4.08. The smallest absolute Gasteiger partial charge is 0.258 e. The summed E-state index contributed by atoms with van der Waals surface area (Å²) in [5.41, 5.74) is 4.21. The number of ether oxygens (including phenoxy) is 2. The Morgan fingerprint density at radius 2 is 1.90 bits per heavy atom. The van der Waals surface area contributed by atoms with Crippen LogP contribution in [0.15, 0.2) is 75.1 Å². The van der Waals surface area contributed by atoms with Crippen molar-refractivity contribution in [3.63, 3.8) is 0 Å². The Bertz CT molecular complexity index is 1450. The van der Waals surface area contributed by atoms with Gasteiger partial charge in [0.2, 0.25) is 10.0 Å². The van der Waals surface area contributed by atoms with E-state index in [9.17, 15) is 13.2 Å². The summed E-state index contributed by atoms with van der Waals surface area (Å²) in [5.74, 6) is 0.691. The highest BCUT2D eigenvalue weighted by molar-refractivity contribution is 14.1. The second-order valence-electron chi connectivity index (χ2n) is 8.64. The van der Waals surface area contributed by atoms with Crippen LogP contribution in [0.4, 0.5) is 0 Å². The maximum atomic E-state index is 13.1. The minimum Gasteiger partial charge on any atom is -0.490 e. The molecule has 12 heteroatoms. The summed E-state index contributed by atoms with van der Waals surface area (Å²) in [4.78, 5) is 13.0. The van der Waals surface area contributed by atoms with Gasteiger partial charge in [-0.25, -0.2) is 13.8 Å². The SMILES string of the molecule is CCOc1cc(/C=N\NC(=O)[C@H]2CCCN2S(=O)(=O)c2ccc(Cl)cc2)cc(I)c1OCc1ccc(Br)cc1. The van der Waals surface area contributed by atoms with Crippen LogP contribution in [0.3, 0.4) is 0 Å². The Kier molecular flexibility index (Phi) is 10.3. The first-order valence-electron chi connectivity index (χ1n) is 12.1. The van der Waals surface area contributed by atoms with E-state index in [0.717, 1.165) is 13.6 Å². The number of nitrogens with zero attached hydrogens (tertiary/aromatic N) is 2. The van der Waals surface area contributed by atoms with E-state index in [0.29, 0.717) is 48.1 Å². The van der Waals surface area contributed by atoms with E-state index in [-0.39, 0.29) is 11.4 Å². The minimum absolute atomic E-state index is 0.0931. The number of sulfonamides is 1. The first-order valence-corrected chi connectivity index (χ1v) is 15.8. The van der Waals surface area contributed by atoms with Gasteiger partial charge in [-0.1, -0.05) is 39.7 Å². The van der Waals surface area contributed by atoms with Crippen molar-refractivity contribution in [2.45, 2.75) is 37.3 Å². The second-order valence-corrected chi connectivity index (χ2v) is 13.0. The zero-order chi connectivity index (χ0) is 28.0. The third-order valence-electron chi connectivity index (χ3n) is 5.94. The zero-order valence-electron chi connectivity index (χ0n) is 20.9. The van der Waals surface area contributed by atoms with Crippen LogP contribution in [-0.2, 0) is 21.4 Å². The van der Waals surface area contributed by atoms with Gasteiger partial charge in [0, 0.05) is 16.0 Å². The lowest BCUT2D eigenvalue weighted by Gasteiger charge is -2.22. The number of benzene rings is 3. The van der Waals surface area contributed by atoms with E-state index in [1.807, 2.05) is 37.3 Å². The lowest BCUT2D eigenvalue weighted by atomic mass is 10.2. The highest BCUT2D eigenvalue weighted by Gasteiger charge is 2.39. The lowest BCUT2D eigenvalue weighted by molar-refractivity contribution is -0.124. The monoisotopic (exact) mass is 745 g/mol. The topological polar surface area (TPSA) is 97.3 Å². The molecule has 1 aliphatic heterocycles. The first-order chi connectivity index (χ1) is 18.7. The van der Waals surface area contributed by atoms with Crippen LogP contribution >= 0.6 is 50.1 Å². The highest BCUT2D eigenvalue weighted by Crippen LogP contribution is 2.34. The average molecular weight is 747 g/mol. The van der Waals surface area contributed by atoms with E-state index in [4.69, 9.17) is 21.1 Å². The molecule has 8 nitrogen and oxygen atoms in total. The van der Waals surface area contributed by atoms with Crippen molar-refractivity contribution in [2.75, 3.05) is 13.2 Å². The van der Waals surface area contributed by atoms with E-state index in [1.165, 1.54) is 34.8 Å². The molecule has 0 bridgehead atoms. The standard InChI is InChI=1S/C27H26BrClIN3O5S/c1-2-37-25-15-19(14-23(30)26(25)38-17-18-5-7-20(28)8-6-18)16-31-32-27(34)24-4-3-13-33(24)39(35,36)22-11-9-21(29)10-12-22/h5-12,14-16,24H,2-4,13,17H2,1H3,(H,32,34)/b31-16-/t24-/m1/s1. The molecule has 206 valence electrons. The largest absolute Gasteiger partial charge is 0.490 e. The number of nitrogens with one attached hydrogen (secondary N) is 1. The number of hydrogen-bond acceptors (Lipinski definition) is 6. The molecule has 3 aromatic rings. The van der Waals surface area contributed by atoms with Gasteiger partial charge in [0.05, 0.1) is 21.3 Å². The van der Waals surface area contributed by atoms with Crippen molar-refractivity contribution in [1.82, 2.24) is 9.73 Å². The quantitative estimate of drug-likeness (QED) is 0.156. The van der Waals surface area contributed by atoms with Gasteiger partial charge in [-0.2, -0.15) is 9.41 Å². The summed E-state index contributed by atoms with van der Waals surface area (Å²) in [6.45, 7) is 2.97. The van der Waals surface area contributed by atoms with Gasteiger partial charge in [-0.3, -0.25) is 4.79 Å². The predicted octanol–water partition coefficient (Wildman–Crippen LogP) is 5.99. The summed E-state index contributed by atoms with van der Waals surface area (Å²) in [6, 6.07) is 16.6. The van der Waals surface area contributed by atoms with Crippen molar-refractivity contribution < 1.29 is 22.7 Å². The summed E-state index contributed by atoms with van der Waals surface area (Å²) < 4.78 is 41.1. The number of amides is 1. The van der Waals surface area contributed by atoms with Crippen molar-refractivity contribution >= 4 is 72.3 Å². The second kappa shape index (κ2) is 13.4. The molecule has 0 radical (unpaired) electrons. The summed E-state index contributed by atoms with van der Waals surface area (Å²) in [7, 11) is -3.85. The zero-order valence-corrected chi connectivity index (χ0v) is 26.3. The Morgan fingerprint density at radius 1 is 1.18 bits per heavy atom. The molecule has 0 spiro atoms. The van der Waals surface area contributed by atoms with Gasteiger partial charge >= 0.3 is 0 Å². The Balaban J connectivity index is 1.44. The number of carbonyl (C=O) groups is 1. The summed E-state index contributed by atoms with van der Waals surface area (Å²) >= 11 is 11.5. The molecule has 1 N–H and O–H groups in total. The molecule has 1 saturated heterocycles. The number of hydrogen-bond donors (Lipinski definition) is 1. The van der Waals surface area contributed by atoms with E-state index >= 15 is 0 Å². The maximum absolute atomic E-state index is 13.1. The molecular formula is C27H26BrClIN3O5S. The fraction of sp³-hybridized carbons (Fsp3) is 0.259. The van der Waals surface area contributed by atoms with Gasteiger partial charge in [0.25, 0.3) is 5.91 Å². The third-order valence-corrected chi connectivity index (χ3v) is 9.45. The number of rotatable bonds is 10. The molecule has 0 aliphatic carbocycles. The highest BCUT2D eigenvalue weighted by atomic mass is 127. The molecule has 1 atom stereocenters. The predicted molar refractivity (Wildman–Crippen MR) is 163 cm³/mol. The maximum Gasteiger partial charge on any atom is 0.258 e. The summed E-state index contributed by atoms with van der Waals surface area (Å²) in [6.07, 6.45) is 2.48. The van der Waals surface area contributed by atoms with Gasteiger partial charge in [-0.05, 0) is 102 Å². The average Bonchev–Trinajstić information content (AvgIpc) is 3.41. The van der Waals surface area contributed by atoms with Crippen LogP contribution in [-0.4, -0.2) is 44.0 Å². The molecule has 0 aromatic heterocycles. The Labute approximate surface area is 255 Å². The van der Waals surface area contributed by atoms with Gasteiger partial charge in [-0.15, -0.1) is 0 Å². The number of carbonyl (C=O) groups excluding carboxylic acids is 1. The molecule has 1 heterocycles. The van der Waals surface area contributed by atoms with Crippen LogP contribution in [0.2, 0.25) is 5.02 Å². The molecule has 1 aliphatic rings. The van der Waals surface area contributed by atoms with Gasteiger partial charge in [0.15, 0.2) is 11.5 Å². The summed E-state index contributed by atoms with van der Waals surface area (Å²) in [5, 5.41) is 4.53. The van der Waals surface area contributed by atoms with Crippen molar-refractivity contribution in [3.05, 3.63) is 84.9 Å². The van der Waals surface area contributed by atoms with E-state index < -0.39 is 22.0 Å². The minimum atomic E-state index is -3.85. The van der Waals surface area contributed by atoms with Crippen molar-refractivity contribution in [3.8, 4) is 11.5 Å². The first kappa shape index (κ1) is 29.8. The van der Waals surface area contributed by atoms with Crippen LogP contribution in [0.25, 0.3) is 0 Å². The van der Waals surface area contributed by atoms with Crippen molar-refractivity contribution in [2.24, 2.45) is 5.10 Å². The molecule has 3 aromatic carbocycles. The molecule has 39 heavy (non-hydrogen) atoms. The fourth-order valence-corrected chi connectivity index (χ4v) is 6.91. The molecular weight excluding hydrogens is 721 g/mol. The van der Waals surface area contributed by atoms with Gasteiger partial charge in [0.1, 0.15) is 12.6 Å². The normalized spacial score (nSPS) is 15.9. The van der Waals surface area contributed by atoms with Crippen LogP contribution in [0.5, 0.6) is 11.5 Å². The van der Waals surface area contributed by atoms with E-state index in [2.05, 4.69) is 49.0 Å². The molecule has 0 unspecified atom stereocenters. The van der Waals surface area contributed by atoms with Crippen molar-refractivity contribution in [1.29, 1.82) is 0 Å². The Hall–Kier alpha value is -2.19.